The Morgan fingerprint density at radius 3 is 1.88 bits per heavy atom. The average Bonchev–Trinajstić information content (AvgIpc) is 3.69. The summed E-state index contributed by atoms with van der Waals surface area (Å²) >= 11 is 0. The van der Waals surface area contributed by atoms with Crippen molar-refractivity contribution in [3.8, 4) is 44.5 Å². The molecule has 0 atom stereocenters. The molecule has 4 fully saturated rings. The first-order chi connectivity index (χ1) is 28.4. The average molecular weight is 748 g/mol. The highest BCUT2D eigenvalue weighted by Gasteiger charge is 2.62. The molecule has 7 aromatic rings. The second kappa shape index (κ2) is 12.5. The summed E-state index contributed by atoms with van der Waals surface area (Å²) in [4.78, 5) is 2.53. The number of fused-ring (bicyclic) bond motifs is 6. The second-order valence-corrected chi connectivity index (χ2v) is 18.5. The van der Waals surface area contributed by atoms with Crippen LogP contribution in [0.3, 0.4) is 0 Å². The number of para-hydroxylation sites is 2. The molecule has 4 saturated carbocycles. The molecule has 58 heavy (non-hydrogen) atoms. The number of benzene rings is 7. The molecule has 6 aliphatic rings. The number of nitrogens with zero attached hydrogens (tertiary/aromatic N) is 1. The van der Waals surface area contributed by atoms with E-state index in [1.54, 1.807) is 11.1 Å². The maximum absolute atomic E-state index is 4.46. The molecule has 0 saturated heterocycles. The van der Waals surface area contributed by atoms with Crippen LogP contribution in [0.15, 0.2) is 164 Å². The Bertz CT molecular complexity index is 2760. The summed E-state index contributed by atoms with van der Waals surface area (Å²) in [5.74, 6) is 3.02. The van der Waals surface area contributed by atoms with Crippen LogP contribution < -0.4 is 4.90 Å². The molecule has 13 rings (SSSR count). The van der Waals surface area contributed by atoms with Crippen molar-refractivity contribution in [2.45, 2.75) is 56.8 Å². The molecular formula is C57H49N. The molecule has 1 heteroatoms. The normalized spacial score (nSPS) is 23.6. The van der Waals surface area contributed by atoms with Gasteiger partial charge in [-0.05, 0) is 159 Å². The molecule has 4 bridgehead atoms. The van der Waals surface area contributed by atoms with E-state index in [4.69, 9.17) is 0 Å². The maximum atomic E-state index is 4.46. The van der Waals surface area contributed by atoms with Crippen LogP contribution in [0.25, 0.3) is 50.6 Å². The van der Waals surface area contributed by atoms with Gasteiger partial charge in [-0.2, -0.15) is 0 Å². The summed E-state index contributed by atoms with van der Waals surface area (Å²) in [6.07, 6.45) is 8.94. The lowest BCUT2D eigenvalue weighted by Gasteiger charge is -2.61. The largest absolute Gasteiger partial charge is 0.310 e. The number of anilines is 3. The maximum Gasteiger partial charge on any atom is 0.0540 e. The van der Waals surface area contributed by atoms with E-state index in [1.807, 2.05) is 0 Å². The smallest absolute Gasteiger partial charge is 0.0540 e. The Morgan fingerprint density at radius 1 is 0.500 bits per heavy atom. The van der Waals surface area contributed by atoms with E-state index in [9.17, 15) is 0 Å². The van der Waals surface area contributed by atoms with Gasteiger partial charge >= 0.3 is 0 Å². The summed E-state index contributed by atoms with van der Waals surface area (Å²) in [6, 6.07) is 59.8. The van der Waals surface area contributed by atoms with E-state index in [2.05, 4.69) is 189 Å². The fourth-order valence-corrected chi connectivity index (χ4v) is 13.3. The molecule has 0 N–H and O–H groups in total. The van der Waals surface area contributed by atoms with Crippen molar-refractivity contribution in [2.24, 2.45) is 23.7 Å². The van der Waals surface area contributed by atoms with Gasteiger partial charge in [0.25, 0.3) is 0 Å². The van der Waals surface area contributed by atoms with E-state index in [0.29, 0.717) is 11.8 Å². The summed E-state index contributed by atoms with van der Waals surface area (Å²) in [7, 11) is 0. The Kier molecular flexibility index (Phi) is 7.38. The summed E-state index contributed by atoms with van der Waals surface area (Å²) in [6.45, 7) is 9.24. The molecule has 7 aromatic carbocycles. The Hall–Kier alpha value is -5.92. The van der Waals surface area contributed by atoms with E-state index in [1.165, 1.54) is 110 Å². The highest BCUT2D eigenvalue weighted by Crippen LogP contribution is 2.71. The number of hydrogen-bond donors (Lipinski definition) is 0. The van der Waals surface area contributed by atoms with Gasteiger partial charge in [0.05, 0.1) is 5.69 Å². The lowest BCUT2D eigenvalue weighted by atomic mass is 9.42. The number of hydrogen-bond acceptors (Lipinski definition) is 1. The van der Waals surface area contributed by atoms with Crippen molar-refractivity contribution in [2.75, 3.05) is 4.90 Å². The van der Waals surface area contributed by atoms with Gasteiger partial charge in [0, 0.05) is 27.8 Å². The molecule has 0 heterocycles. The zero-order valence-electron chi connectivity index (χ0n) is 33.6. The lowest BCUT2D eigenvalue weighted by molar-refractivity contribution is -0.0397. The van der Waals surface area contributed by atoms with Gasteiger partial charge in [0.15, 0.2) is 0 Å². The van der Waals surface area contributed by atoms with Crippen molar-refractivity contribution in [1.82, 2.24) is 0 Å². The van der Waals surface area contributed by atoms with Crippen molar-refractivity contribution in [3.63, 3.8) is 0 Å². The Morgan fingerprint density at radius 2 is 1.14 bits per heavy atom. The monoisotopic (exact) mass is 747 g/mol. The molecule has 0 aliphatic heterocycles. The van der Waals surface area contributed by atoms with Crippen molar-refractivity contribution in [1.29, 1.82) is 0 Å². The molecule has 1 spiro atoms. The molecular weight excluding hydrogens is 699 g/mol. The lowest BCUT2D eigenvalue weighted by Crippen LogP contribution is -2.55. The predicted octanol–water partition coefficient (Wildman–Crippen LogP) is 15.2. The van der Waals surface area contributed by atoms with Gasteiger partial charge in [-0.3, -0.25) is 0 Å². The molecule has 6 aliphatic carbocycles. The molecule has 1 nitrogen and oxygen atoms in total. The van der Waals surface area contributed by atoms with Crippen LogP contribution >= 0.6 is 0 Å². The minimum absolute atomic E-state index is 0.0181. The highest BCUT2D eigenvalue weighted by molar-refractivity contribution is 5.99. The number of rotatable bonds is 6. The molecule has 0 unspecified atom stereocenters. The standard InChI is InChI=1S/C57H49N/c1-4-38-23-26-48(55-54(38)49-34-40(39-15-7-5-8-16-39)24-28-51(49)57(55)41-30-36-29-37(32-41)33-42(57)31-36)47-20-12-14-22-53(47)58(43-17-9-6-10-18-43)44-25-27-46-45-19-11-13-21-50(45)56(2,3)52(46)35-44/h4-28,34-37,41-42H,1,29-33H2,2-3H3. The van der Waals surface area contributed by atoms with Crippen molar-refractivity contribution in [3.05, 3.63) is 192 Å². The van der Waals surface area contributed by atoms with E-state index >= 15 is 0 Å². The van der Waals surface area contributed by atoms with Crippen LogP contribution in [0.2, 0.25) is 0 Å². The van der Waals surface area contributed by atoms with Crippen LogP contribution in [-0.4, -0.2) is 0 Å². The minimum Gasteiger partial charge on any atom is -0.310 e. The SMILES string of the molecule is C=Cc1ccc(-c2ccccc2N(c2ccccc2)c2ccc3c(c2)C(C)(C)c2ccccc2-3)c2c1-c1cc(-c3ccccc3)ccc1C21C2CC3CC(C2)CC1C3. The molecule has 0 radical (unpaired) electrons. The van der Waals surface area contributed by atoms with Gasteiger partial charge in [-0.25, -0.2) is 0 Å². The molecule has 0 amide bonds. The highest BCUT2D eigenvalue weighted by atomic mass is 15.1. The van der Waals surface area contributed by atoms with Crippen LogP contribution in [0, 0.1) is 23.7 Å². The van der Waals surface area contributed by atoms with E-state index in [-0.39, 0.29) is 10.8 Å². The fourth-order valence-electron chi connectivity index (χ4n) is 13.3. The van der Waals surface area contributed by atoms with Gasteiger partial charge in [-0.1, -0.05) is 148 Å². The van der Waals surface area contributed by atoms with E-state index < -0.39 is 0 Å². The first-order valence-electron chi connectivity index (χ1n) is 21.6. The van der Waals surface area contributed by atoms with Gasteiger partial charge < -0.3 is 4.90 Å². The third kappa shape index (κ3) is 4.65. The second-order valence-electron chi connectivity index (χ2n) is 18.5. The molecule has 0 aromatic heterocycles. The van der Waals surface area contributed by atoms with Crippen molar-refractivity contribution >= 4 is 23.1 Å². The zero-order chi connectivity index (χ0) is 38.8. The summed E-state index contributed by atoms with van der Waals surface area (Å²) in [5.41, 5.74) is 21.5. The fraction of sp³-hybridized carbons (Fsp3) is 0.228. The van der Waals surface area contributed by atoms with Crippen LogP contribution in [0.4, 0.5) is 17.1 Å². The molecule has 282 valence electrons. The predicted molar refractivity (Wildman–Crippen MR) is 243 cm³/mol. The van der Waals surface area contributed by atoms with Gasteiger partial charge in [0.1, 0.15) is 0 Å². The van der Waals surface area contributed by atoms with Crippen molar-refractivity contribution < 1.29 is 0 Å². The first kappa shape index (κ1) is 34.1. The van der Waals surface area contributed by atoms with Gasteiger partial charge in [-0.15, -0.1) is 0 Å². The minimum atomic E-state index is -0.0958. The quantitative estimate of drug-likeness (QED) is 0.164. The first-order valence-corrected chi connectivity index (χ1v) is 21.6. The third-order valence-electron chi connectivity index (χ3n) is 15.4. The Balaban J connectivity index is 1.11. The topological polar surface area (TPSA) is 3.24 Å². The van der Waals surface area contributed by atoms with Gasteiger partial charge in [0.2, 0.25) is 0 Å². The van der Waals surface area contributed by atoms with E-state index in [0.717, 1.165) is 11.8 Å². The Labute approximate surface area is 343 Å². The van der Waals surface area contributed by atoms with Crippen LogP contribution in [0.1, 0.15) is 73.8 Å². The zero-order valence-corrected chi connectivity index (χ0v) is 33.6. The third-order valence-corrected chi connectivity index (χ3v) is 15.4. The van der Waals surface area contributed by atoms with Crippen LogP contribution in [-0.2, 0) is 10.8 Å². The van der Waals surface area contributed by atoms with Crippen LogP contribution in [0.5, 0.6) is 0 Å². The summed E-state index contributed by atoms with van der Waals surface area (Å²) < 4.78 is 0. The summed E-state index contributed by atoms with van der Waals surface area (Å²) in [5, 5.41) is 0.